The van der Waals surface area contributed by atoms with Crippen LogP contribution in [0, 0.1) is 18.8 Å². The Balaban J connectivity index is 1.33. The highest BCUT2D eigenvalue weighted by atomic mass is 35.5. The van der Waals surface area contributed by atoms with Crippen LogP contribution in [0.2, 0.25) is 4.34 Å². The lowest BCUT2D eigenvalue weighted by atomic mass is 9.96. The van der Waals surface area contributed by atoms with Crippen LogP contribution < -0.4 is 4.74 Å². The number of tetrazole rings is 1. The quantitative estimate of drug-likeness (QED) is 0.246. The zero-order valence-corrected chi connectivity index (χ0v) is 21.0. The number of aromatic nitrogens is 4. The number of thiophene rings is 1. The van der Waals surface area contributed by atoms with Gasteiger partial charge in [0.05, 0.1) is 5.92 Å². The maximum atomic E-state index is 6.67. The number of hydrogen-bond donors (Lipinski definition) is 1. The van der Waals surface area contributed by atoms with Gasteiger partial charge in [-0.15, -0.1) is 27.5 Å². The summed E-state index contributed by atoms with van der Waals surface area (Å²) in [6.45, 7) is 4.42. The minimum absolute atomic E-state index is 0.00254. The fraction of sp³-hybridized carbons (Fsp3) is 0.179. The largest absolute Gasteiger partial charge is 0.489 e. The van der Waals surface area contributed by atoms with E-state index in [2.05, 4.69) is 75.8 Å². The Labute approximate surface area is 213 Å². The molecule has 0 bridgehead atoms. The van der Waals surface area contributed by atoms with E-state index >= 15 is 0 Å². The summed E-state index contributed by atoms with van der Waals surface area (Å²) in [5.41, 5.74) is 5.66. The van der Waals surface area contributed by atoms with Crippen molar-refractivity contribution in [3.8, 4) is 28.7 Å². The number of nitrogens with one attached hydrogen (secondary N) is 1. The summed E-state index contributed by atoms with van der Waals surface area (Å²) in [6, 6.07) is 22.8. The zero-order valence-electron chi connectivity index (χ0n) is 19.4. The van der Waals surface area contributed by atoms with Gasteiger partial charge >= 0.3 is 0 Å². The van der Waals surface area contributed by atoms with Crippen LogP contribution in [0.4, 0.5) is 0 Å². The van der Waals surface area contributed by atoms with E-state index in [-0.39, 0.29) is 5.92 Å². The molecule has 1 atom stereocenters. The van der Waals surface area contributed by atoms with E-state index < -0.39 is 0 Å². The van der Waals surface area contributed by atoms with Crippen LogP contribution in [-0.2, 0) is 13.0 Å². The molecule has 0 aliphatic rings. The van der Waals surface area contributed by atoms with Crippen molar-refractivity contribution in [3.63, 3.8) is 0 Å². The van der Waals surface area contributed by atoms with E-state index in [0.717, 1.165) is 32.2 Å². The molecule has 5 aromatic rings. The zero-order chi connectivity index (χ0) is 24.2. The van der Waals surface area contributed by atoms with Crippen LogP contribution in [0.3, 0.4) is 0 Å². The molecule has 2 aromatic heterocycles. The highest BCUT2D eigenvalue weighted by Crippen LogP contribution is 2.43. The molecular formula is C28H23ClN4OS. The van der Waals surface area contributed by atoms with Gasteiger partial charge < -0.3 is 4.74 Å². The Morgan fingerprint density at radius 1 is 1.09 bits per heavy atom. The van der Waals surface area contributed by atoms with Crippen molar-refractivity contribution in [1.82, 2.24) is 20.6 Å². The van der Waals surface area contributed by atoms with Gasteiger partial charge in [0.25, 0.3) is 0 Å². The van der Waals surface area contributed by atoms with Gasteiger partial charge in [-0.1, -0.05) is 65.2 Å². The van der Waals surface area contributed by atoms with Gasteiger partial charge in [0, 0.05) is 22.1 Å². The third kappa shape index (κ3) is 5.07. The van der Waals surface area contributed by atoms with E-state index in [9.17, 15) is 0 Å². The van der Waals surface area contributed by atoms with Gasteiger partial charge in [-0.2, -0.15) is 5.21 Å². The minimum Gasteiger partial charge on any atom is -0.489 e. The maximum Gasteiger partial charge on any atom is 0.176 e. The molecule has 174 valence electrons. The molecule has 0 amide bonds. The molecule has 7 heteroatoms. The third-order valence-electron chi connectivity index (χ3n) is 5.91. The first-order valence-corrected chi connectivity index (χ1v) is 12.5. The van der Waals surface area contributed by atoms with E-state index in [1.165, 1.54) is 15.8 Å². The molecule has 1 N–H and O–H groups in total. The third-order valence-corrected chi connectivity index (χ3v) is 7.29. The number of halogens is 1. The number of hydrogen-bond acceptors (Lipinski definition) is 5. The fourth-order valence-electron chi connectivity index (χ4n) is 4.15. The lowest BCUT2D eigenvalue weighted by Gasteiger charge is -2.11. The van der Waals surface area contributed by atoms with Crippen molar-refractivity contribution in [2.45, 2.75) is 32.8 Å². The summed E-state index contributed by atoms with van der Waals surface area (Å²) in [4.78, 5) is 0. The Hall–Kier alpha value is -3.66. The van der Waals surface area contributed by atoms with Crippen LogP contribution in [0.1, 0.15) is 35.4 Å². The van der Waals surface area contributed by atoms with Crippen molar-refractivity contribution in [3.05, 3.63) is 93.6 Å². The molecule has 3 aromatic carbocycles. The normalized spacial score (nSPS) is 11.7. The molecule has 35 heavy (non-hydrogen) atoms. The molecule has 2 heterocycles. The first-order valence-electron chi connectivity index (χ1n) is 11.3. The predicted octanol–water partition coefficient (Wildman–Crippen LogP) is 6.97. The fourth-order valence-corrected chi connectivity index (χ4v) is 5.53. The summed E-state index contributed by atoms with van der Waals surface area (Å²) in [5.74, 6) is 7.68. The smallest absolute Gasteiger partial charge is 0.176 e. The van der Waals surface area contributed by atoms with Crippen molar-refractivity contribution >= 4 is 33.0 Å². The van der Waals surface area contributed by atoms with E-state index in [0.29, 0.717) is 18.9 Å². The lowest BCUT2D eigenvalue weighted by molar-refractivity contribution is 0.306. The van der Waals surface area contributed by atoms with Gasteiger partial charge in [-0.3, -0.25) is 0 Å². The Morgan fingerprint density at radius 2 is 1.91 bits per heavy atom. The van der Waals surface area contributed by atoms with E-state index in [1.54, 1.807) is 11.3 Å². The Kier molecular flexibility index (Phi) is 6.80. The number of aromatic amines is 1. The number of rotatable bonds is 7. The average molecular weight is 499 g/mol. The van der Waals surface area contributed by atoms with E-state index in [1.807, 2.05) is 37.3 Å². The summed E-state index contributed by atoms with van der Waals surface area (Å²) < 4.78 is 8.10. The number of ether oxygens (including phenoxy) is 1. The number of nitrogens with zero attached hydrogens (tertiary/aromatic N) is 3. The standard InChI is InChI=1S/C28H23ClN4OS/c1-3-6-21(16-26-30-32-33-31-26)20-10-12-22(13-11-20)34-17-19-9-14-25-24(15-19)27(28(29)35-25)23-8-5-4-7-18(23)2/h4-5,7-15,21H,16-17H2,1-2H3,(H,30,31,32,33)/t21-/m0/s1. The van der Waals surface area contributed by atoms with Crippen molar-refractivity contribution < 1.29 is 4.74 Å². The maximum absolute atomic E-state index is 6.67. The molecule has 5 rings (SSSR count). The Bertz CT molecular complexity index is 1510. The molecule has 0 aliphatic carbocycles. The second-order valence-corrected chi connectivity index (χ2v) is 9.89. The summed E-state index contributed by atoms with van der Waals surface area (Å²) in [5, 5.41) is 15.4. The van der Waals surface area contributed by atoms with Crippen LogP contribution in [0.25, 0.3) is 21.2 Å². The molecule has 5 nitrogen and oxygen atoms in total. The van der Waals surface area contributed by atoms with Crippen LogP contribution in [0.15, 0.2) is 66.7 Å². The van der Waals surface area contributed by atoms with Crippen molar-refractivity contribution in [2.24, 2.45) is 0 Å². The summed E-state index contributed by atoms with van der Waals surface area (Å²) in [7, 11) is 0. The molecule has 0 aliphatic heterocycles. The number of aryl methyl sites for hydroxylation is 1. The monoisotopic (exact) mass is 498 g/mol. The van der Waals surface area contributed by atoms with Gasteiger partial charge in [0.1, 0.15) is 16.7 Å². The predicted molar refractivity (Wildman–Crippen MR) is 142 cm³/mol. The second kappa shape index (κ2) is 10.3. The van der Waals surface area contributed by atoms with E-state index in [4.69, 9.17) is 16.3 Å². The molecule has 0 radical (unpaired) electrons. The van der Waals surface area contributed by atoms with Gasteiger partial charge in [-0.25, -0.2) is 0 Å². The van der Waals surface area contributed by atoms with Gasteiger partial charge in [0.2, 0.25) is 0 Å². The molecule has 0 saturated heterocycles. The molecular weight excluding hydrogens is 476 g/mol. The topological polar surface area (TPSA) is 63.7 Å². The molecule has 0 spiro atoms. The van der Waals surface area contributed by atoms with Gasteiger partial charge in [0.15, 0.2) is 5.82 Å². The highest BCUT2D eigenvalue weighted by Gasteiger charge is 2.15. The average Bonchev–Trinajstić information content (AvgIpc) is 3.50. The van der Waals surface area contributed by atoms with Crippen LogP contribution in [0.5, 0.6) is 5.75 Å². The second-order valence-electron chi connectivity index (χ2n) is 8.23. The number of benzene rings is 3. The lowest BCUT2D eigenvalue weighted by Crippen LogP contribution is -2.03. The molecule has 0 saturated carbocycles. The Morgan fingerprint density at radius 3 is 2.66 bits per heavy atom. The van der Waals surface area contributed by atoms with Crippen LogP contribution >= 0.6 is 22.9 Å². The van der Waals surface area contributed by atoms with Crippen LogP contribution in [-0.4, -0.2) is 20.6 Å². The van der Waals surface area contributed by atoms with Gasteiger partial charge in [-0.05, 0) is 60.4 Å². The number of H-pyrrole nitrogens is 1. The summed E-state index contributed by atoms with van der Waals surface area (Å²) >= 11 is 8.28. The molecule has 0 unspecified atom stereocenters. The molecule has 0 fully saturated rings. The minimum atomic E-state index is -0.00254. The number of fused-ring (bicyclic) bond motifs is 1. The van der Waals surface area contributed by atoms with Crippen molar-refractivity contribution in [1.29, 1.82) is 0 Å². The first-order chi connectivity index (χ1) is 17.1. The summed E-state index contributed by atoms with van der Waals surface area (Å²) in [6.07, 6.45) is 0.601. The van der Waals surface area contributed by atoms with Crippen molar-refractivity contribution in [2.75, 3.05) is 0 Å². The first kappa shape index (κ1) is 23.1. The SMILES string of the molecule is CC#C[C@@H](Cc1nn[nH]n1)c1ccc(OCc2ccc3sc(Cl)c(-c4ccccc4C)c3c2)cc1. The highest BCUT2D eigenvalue weighted by molar-refractivity contribution is 7.23.